The molecule has 1 amide bonds. The van der Waals surface area contributed by atoms with Crippen LogP contribution in [0, 0.1) is 0 Å². The van der Waals surface area contributed by atoms with Crippen LogP contribution in [0.2, 0.25) is 0 Å². The number of rotatable bonds is 4. The Morgan fingerprint density at radius 3 is 2.52 bits per heavy atom. The van der Waals surface area contributed by atoms with Crippen LogP contribution in [-0.4, -0.2) is 34.7 Å². The first-order valence-corrected chi connectivity index (χ1v) is 7.67. The second-order valence-corrected chi connectivity index (χ2v) is 6.28. The number of aliphatic hydroxyl groups is 1. The molecule has 0 aliphatic carbocycles. The van der Waals surface area contributed by atoms with Crippen molar-refractivity contribution in [3.8, 4) is 0 Å². The van der Waals surface area contributed by atoms with Crippen molar-refractivity contribution in [2.45, 2.75) is 24.6 Å². The van der Waals surface area contributed by atoms with Crippen LogP contribution in [0.25, 0.3) is 0 Å². The van der Waals surface area contributed by atoms with Gasteiger partial charge in [-0.05, 0) is 29.9 Å². The minimum Gasteiger partial charge on any atom is -0.387 e. The number of halogens is 3. The second kappa shape index (κ2) is 6.27. The Morgan fingerprint density at radius 1 is 1.33 bits per heavy atom. The molecular formula is C14H16F3NO2S. The predicted octanol–water partition coefficient (Wildman–Crippen LogP) is 2.23. The second-order valence-electron chi connectivity index (χ2n) is 5.18. The standard InChI is InChI=1S/C14H16F3NO2S/c15-14(16,17)11-3-1-10(2-4-11)7-12(19)18-8-13(20)5-6-21-9-13/h1-4,20H,5-9H2,(H,18,19). The fraction of sp³-hybridized carbons (Fsp3) is 0.500. The minimum absolute atomic E-state index is 0.00135. The lowest BCUT2D eigenvalue weighted by Gasteiger charge is -2.21. The molecule has 2 N–H and O–H groups in total. The fourth-order valence-electron chi connectivity index (χ4n) is 2.06. The molecule has 1 saturated heterocycles. The average molecular weight is 319 g/mol. The molecule has 1 unspecified atom stereocenters. The maximum atomic E-state index is 12.4. The first-order valence-electron chi connectivity index (χ1n) is 6.51. The van der Waals surface area contributed by atoms with Crippen LogP contribution in [0.3, 0.4) is 0 Å². The van der Waals surface area contributed by atoms with Gasteiger partial charge in [-0.2, -0.15) is 24.9 Å². The highest BCUT2D eigenvalue weighted by molar-refractivity contribution is 7.99. The summed E-state index contributed by atoms with van der Waals surface area (Å²) in [6, 6.07) is 4.51. The quantitative estimate of drug-likeness (QED) is 0.895. The van der Waals surface area contributed by atoms with Gasteiger partial charge in [-0.15, -0.1) is 0 Å². The van der Waals surface area contributed by atoms with Crippen LogP contribution in [0.15, 0.2) is 24.3 Å². The molecule has 1 fully saturated rings. The van der Waals surface area contributed by atoms with Gasteiger partial charge in [0.1, 0.15) is 0 Å². The Labute approximate surface area is 124 Å². The SMILES string of the molecule is O=C(Cc1ccc(C(F)(F)F)cc1)NCC1(O)CCSC1. The summed E-state index contributed by atoms with van der Waals surface area (Å²) in [4.78, 5) is 11.7. The lowest BCUT2D eigenvalue weighted by atomic mass is 10.0. The first kappa shape index (κ1) is 16.2. The third kappa shape index (κ3) is 4.64. The van der Waals surface area contributed by atoms with Gasteiger partial charge in [-0.25, -0.2) is 0 Å². The van der Waals surface area contributed by atoms with Gasteiger partial charge in [0.2, 0.25) is 5.91 Å². The van der Waals surface area contributed by atoms with E-state index in [0.717, 1.165) is 17.9 Å². The highest BCUT2D eigenvalue weighted by Crippen LogP contribution is 2.29. The highest BCUT2D eigenvalue weighted by atomic mass is 32.2. The van der Waals surface area contributed by atoms with Crippen molar-refractivity contribution in [1.29, 1.82) is 0 Å². The largest absolute Gasteiger partial charge is 0.416 e. The third-order valence-corrected chi connectivity index (χ3v) is 4.58. The molecule has 7 heteroatoms. The zero-order valence-electron chi connectivity index (χ0n) is 11.2. The molecule has 1 aliphatic rings. The van der Waals surface area contributed by atoms with Crippen molar-refractivity contribution in [2.75, 3.05) is 18.1 Å². The van der Waals surface area contributed by atoms with E-state index >= 15 is 0 Å². The molecule has 21 heavy (non-hydrogen) atoms. The van der Waals surface area contributed by atoms with Crippen LogP contribution in [0.1, 0.15) is 17.5 Å². The number of amides is 1. The van der Waals surface area contributed by atoms with E-state index in [1.54, 1.807) is 11.8 Å². The van der Waals surface area contributed by atoms with E-state index in [9.17, 15) is 23.1 Å². The lowest BCUT2D eigenvalue weighted by molar-refractivity contribution is -0.137. The van der Waals surface area contributed by atoms with Gasteiger partial charge in [0, 0.05) is 12.3 Å². The first-order chi connectivity index (χ1) is 9.78. The van der Waals surface area contributed by atoms with E-state index in [4.69, 9.17) is 0 Å². The van der Waals surface area contributed by atoms with Gasteiger partial charge in [0.05, 0.1) is 17.6 Å². The highest BCUT2D eigenvalue weighted by Gasteiger charge is 2.32. The molecule has 0 bridgehead atoms. The minimum atomic E-state index is -4.37. The number of nitrogens with one attached hydrogen (secondary N) is 1. The predicted molar refractivity (Wildman–Crippen MR) is 75.0 cm³/mol. The fourth-order valence-corrected chi connectivity index (χ4v) is 3.35. The summed E-state index contributed by atoms with van der Waals surface area (Å²) >= 11 is 1.63. The van der Waals surface area contributed by atoms with Gasteiger partial charge in [-0.3, -0.25) is 4.79 Å². The van der Waals surface area contributed by atoms with Crippen LogP contribution in [0.4, 0.5) is 13.2 Å². The van der Waals surface area contributed by atoms with E-state index in [1.165, 1.54) is 12.1 Å². The van der Waals surface area contributed by atoms with Gasteiger partial charge in [0.15, 0.2) is 0 Å². The molecule has 3 nitrogen and oxygen atoms in total. The van der Waals surface area contributed by atoms with Crippen molar-refractivity contribution < 1.29 is 23.1 Å². The van der Waals surface area contributed by atoms with E-state index < -0.39 is 17.3 Å². The summed E-state index contributed by atoms with van der Waals surface area (Å²) in [5.41, 5.74) is -1.09. The molecule has 116 valence electrons. The number of carbonyl (C=O) groups is 1. The molecule has 0 saturated carbocycles. The molecule has 1 atom stereocenters. The topological polar surface area (TPSA) is 49.3 Å². The number of hydrogen-bond donors (Lipinski definition) is 2. The number of thioether (sulfide) groups is 1. The van der Waals surface area contributed by atoms with Crippen LogP contribution < -0.4 is 5.32 Å². The van der Waals surface area contributed by atoms with Gasteiger partial charge >= 0.3 is 6.18 Å². The Bertz CT molecular complexity index is 496. The Kier molecular flexibility index (Phi) is 4.83. The van der Waals surface area contributed by atoms with Crippen LogP contribution >= 0.6 is 11.8 Å². The van der Waals surface area contributed by atoms with Crippen molar-refractivity contribution in [3.05, 3.63) is 35.4 Å². The number of benzene rings is 1. The molecule has 1 aliphatic heterocycles. The zero-order valence-corrected chi connectivity index (χ0v) is 12.1. The number of hydrogen-bond acceptors (Lipinski definition) is 3. The van der Waals surface area contributed by atoms with Crippen LogP contribution in [-0.2, 0) is 17.4 Å². The van der Waals surface area contributed by atoms with Gasteiger partial charge in [-0.1, -0.05) is 12.1 Å². The maximum Gasteiger partial charge on any atom is 0.416 e. The lowest BCUT2D eigenvalue weighted by Crippen LogP contribution is -2.43. The summed E-state index contributed by atoms with van der Waals surface area (Å²) in [5.74, 6) is 1.15. The van der Waals surface area contributed by atoms with Gasteiger partial charge < -0.3 is 10.4 Å². The molecule has 1 aromatic rings. The zero-order chi connectivity index (χ0) is 15.5. The van der Waals surface area contributed by atoms with Crippen molar-refractivity contribution >= 4 is 17.7 Å². The molecule has 1 heterocycles. The van der Waals surface area contributed by atoms with E-state index in [1.807, 2.05) is 0 Å². The third-order valence-electron chi connectivity index (χ3n) is 3.34. The van der Waals surface area contributed by atoms with Crippen molar-refractivity contribution in [1.82, 2.24) is 5.32 Å². The monoisotopic (exact) mass is 319 g/mol. The van der Waals surface area contributed by atoms with Crippen molar-refractivity contribution in [3.63, 3.8) is 0 Å². The van der Waals surface area contributed by atoms with E-state index in [-0.39, 0.29) is 18.9 Å². The number of alkyl halides is 3. The Balaban J connectivity index is 1.85. The van der Waals surface area contributed by atoms with E-state index in [0.29, 0.717) is 17.7 Å². The number of carbonyl (C=O) groups excluding carboxylic acids is 1. The summed E-state index contributed by atoms with van der Waals surface area (Å²) in [6.45, 7) is 0.180. The van der Waals surface area contributed by atoms with Crippen LogP contribution in [0.5, 0.6) is 0 Å². The van der Waals surface area contributed by atoms with E-state index in [2.05, 4.69) is 5.32 Å². The Hall–Kier alpha value is -1.21. The van der Waals surface area contributed by atoms with Gasteiger partial charge in [0.25, 0.3) is 0 Å². The molecular weight excluding hydrogens is 303 g/mol. The summed E-state index contributed by atoms with van der Waals surface area (Å²) in [7, 11) is 0. The molecule has 1 aromatic carbocycles. The van der Waals surface area contributed by atoms with Crippen molar-refractivity contribution in [2.24, 2.45) is 0 Å². The molecule has 2 rings (SSSR count). The average Bonchev–Trinajstić information content (AvgIpc) is 2.84. The molecule has 0 aromatic heterocycles. The molecule has 0 spiro atoms. The smallest absolute Gasteiger partial charge is 0.387 e. The normalized spacial score (nSPS) is 22.3. The Morgan fingerprint density at radius 2 is 2.00 bits per heavy atom. The maximum absolute atomic E-state index is 12.4. The summed E-state index contributed by atoms with van der Waals surface area (Å²) in [5, 5.41) is 12.7. The summed E-state index contributed by atoms with van der Waals surface area (Å²) in [6.07, 6.45) is -3.73. The summed E-state index contributed by atoms with van der Waals surface area (Å²) < 4.78 is 37.2. The molecule has 0 radical (unpaired) electrons.